The summed E-state index contributed by atoms with van der Waals surface area (Å²) in [5.41, 5.74) is 0.900. The van der Waals surface area contributed by atoms with E-state index in [-0.39, 0.29) is 0 Å². The monoisotopic (exact) mass is 260 g/mol. The van der Waals surface area contributed by atoms with Gasteiger partial charge in [0.2, 0.25) is 0 Å². The third kappa shape index (κ3) is 1.97. The average Bonchev–Trinajstić information content (AvgIpc) is 2.87. The van der Waals surface area contributed by atoms with Crippen molar-refractivity contribution in [3.8, 4) is 0 Å². The molecule has 0 spiro atoms. The minimum Gasteiger partial charge on any atom is -0.464 e. The zero-order valence-corrected chi connectivity index (χ0v) is 10.7. The van der Waals surface area contributed by atoms with Crippen molar-refractivity contribution >= 4 is 40.1 Å². The molecular weight excluding hydrogens is 251 g/mol. The van der Waals surface area contributed by atoms with E-state index in [1.54, 1.807) is 6.26 Å². The normalized spacial score (nSPS) is 12.8. The molecule has 0 bridgehead atoms. The molecule has 1 atom stereocenters. The van der Waals surface area contributed by atoms with E-state index in [0.29, 0.717) is 0 Å². The number of benzene rings is 2. The number of halogens is 1. The lowest BCUT2D eigenvalue weighted by molar-refractivity contribution is 0.618. The van der Waals surface area contributed by atoms with E-state index in [9.17, 15) is 0 Å². The van der Waals surface area contributed by atoms with Crippen molar-refractivity contribution < 1.29 is 4.42 Å². The Morgan fingerprint density at radius 2 is 1.71 bits per heavy atom. The van der Waals surface area contributed by atoms with Crippen molar-refractivity contribution in [3.63, 3.8) is 0 Å². The predicted molar refractivity (Wildman–Crippen MR) is 74.7 cm³/mol. The topological polar surface area (TPSA) is 13.1 Å². The minimum atomic E-state index is -0.866. The molecule has 0 fully saturated rings. The Balaban J connectivity index is 2.13. The highest BCUT2D eigenvalue weighted by Crippen LogP contribution is 2.41. The van der Waals surface area contributed by atoms with Crippen LogP contribution >= 0.6 is 18.5 Å². The van der Waals surface area contributed by atoms with Crippen molar-refractivity contribution in [1.29, 1.82) is 0 Å². The van der Waals surface area contributed by atoms with Crippen LogP contribution in [-0.4, -0.2) is 0 Å². The molecular formula is C14H10ClOP. The Hall–Kier alpha value is -1.30. The lowest BCUT2D eigenvalue weighted by atomic mass is 10.3. The Morgan fingerprint density at radius 1 is 0.882 bits per heavy atom. The van der Waals surface area contributed by atoms with Crippen molar-refractivity contribution in [2.24, 2.45) is 0 Å². The van der Waals surface area contributed by atoms with Gasteiger partial charge in [0.1, 0.15) is 5.58 Å². The summed E-state index contributed by atoms with van der Waals surface area (Å²) >= 11 is 6.57. The summed E-state index contributed by atoms with van der Waals surface area (Å²) in [5, 5.41) is 3.33. The lowest BCUT2D eigenvalue weighted by Gasteiger charge is -2.10. The first-order valence-electron chi connectivity index (χ1n) is 5.33. The SMILES string of the molecule is ClP(c1ccccc1)c1cccc2ccoc12. The Bertz CT molecular complexity index is 633. The molecule has 0 aliphatic carbocycles. The number of para-hydroxylation sites is 1. The van der Waals surface area contributed by atoms with Gasteiger partial charge in [-0.15, -0.1) is 0 Å². The first-order chi connectivity index (χ1) is 8.36. The number of hydrogen-bond donors (Lipinski definition) is 0. The average molecular weight is 261 g/mol. The van der Waals surface area contributed by atoms with Crippen LogP contribution in [0.3, 0.4) is 0 Å². The Kier molecular flexibility index (Phi) is 2.88. The largest absolute Gasteiger partial charge is 0.464 e. The van der Waals surface area contributed by atoms with Crippen LogP contribution in [0.5, 0.6) is 0 Å². The quantitative estimate of drug-likeness (QED) is 0.634. The fourth-order valence-electron chi connectivity index (χ4n) is 1.83. The number of rotatable bonds is 2. The molecule has 1 heterocycles. The maximum Gasteiger partial charge on any atom is 0.143 e. The molecule has 3 rings (SSSR count). The number of fused-ring (bicyclic) bond motifs is 1. The first-order valence-corrected chi connectivity index (χ1v) is 7.58. The summed E-state index contributed by atoms with van der Waals surface area (Å²) in [4.78, 5) is 0. The van der Waals surface area contributed by atoms with Gasteiger partial charge in [0, 0.05) is 10.7 Å². The Labute approximate surface area is 106 Å². The van der Waals surface area contributed by atoms with Crippen LogP contribution in [0.1, 0.15) is 0 Å². The molecule has 2 aromatic carbocycles. The smallest absolute Gasteiger partial charge is 0.143 e. The summed E-state index contributed by atoms with van der Waals surface area (Å²) in [6.45, 7) is 0. The zero-order chi connectivity index (χ0) is 11.7. The molecule has 1 aromatic heterocycles. The number of furan rings is 1. The summed E-state index contributed by atoms with van der Waals surface area (Å²) in [6.07, 6.45) is 1.71. The van der Waals surface area contributed by atoms with Gasteiger partial charge in [-0.05, 0) is 17.4 Å². The summed E-state index contributed by atoms with van der Waals surface area (Å²) in [7, 11) is -0.866. The van der Waals surface area contributed by atoms with Crippen LogP contribution in [0.2, 0.25) is 0 Å². The predicted octanol–water partition coefficient (Wildman–Crippen LogP) is 4.02. The van der Waals surface area contributed by atoms with E-state index in [2.05, 4.69) is 12.1 Å². The third-order valence-electron chi connectivity index (χ3n) is 2.65. The fourth-order valence-corrected chi connectivity index (χ4v) is 3.86. The molecule has 0 radical (unpaired) electrons. The molecule has 0 aliphatic rings. The maximum atomic E-state index is 6.57. The van der Waals surface area contributed by atoms with Crippen molar-refractivity contribution in [1.82, 2.24) is 0 Å². The number of hydrogen-bond acceptors (Lipinski definition) is 1. The van der Waals surface area contributed by atoms with Crippen molar-refractivity contribution in [2.75, 3.05) is 0 Å². The van der Waals surface area contributed by atoms with Gasteiger partial charge in [0.25, 0.3) is 0 Å². The molecule has 0 amide bonds. The lowest BCUT2D eigenvalue weighted by Crippen LogP contribution is -2.07. The van der Waals surface area contributed by atoms with Gasteiger partial charge in [-0.2, -0.15) is 0 Å². The zero-order valence-electron chi connectivity index (χ0n) is 9.01. The molecule has 1 unspecified atom stereocenters. The van der Waals surface area contributed by atoms with Crippen LogP contribution in [-0.2, 0) is 0 Å². The summed E-state index contributed by atoms with van der Waals surface area (Å²) < 4.78 is 5.52. The van der Waals surface area contributed by atoms with E-state index in [4.69, 9.17) is 15.7 Å². The van der Waals surface area contributed by atoms with Crippen molar-refractivity contribution in [2.45, 2.75) is 0 Å². The highest BCUT2D eigenvalue weighted by Gasteiger charge is 2.15. The second-order valence-corrected chi connectivity index (χ2v) is 6.31. The van der Waals surface area contributed by atoms with Gasteiger partial charge in [-0.1, -0.05) is 53.7 Å². The third-order valence-corrected chi connectivity index (χ3v) is 5.31. The molecule has 17 heavy (non-hydrogen) atoms. The Morgan fingerprint density at radius 3 is 2.53 bits per heavy atom. The molecule has 1 nitrogen and oxygen atoms in total. The van der Waals surface area contributed by atoms with Crippen molar-refractivity contribution in [3.05, 3.63) is 60.9 Å². The van der Waals surface area contributed by atoms with Crippen LogP contribution < -0.4 is 10.6 Å². The van der Waals surface area contributed by atoms with Crippen LogP contribution in [0.15, 0.2) is 65.3 Å². The molecule has 3 heteroatoms. The second kappa shape index (κ2) is 4.52. The molecule has 84 valence electrons. The van der Waals surface area contributed by atoms with Crippen LogP contribution in [0, 0.1) is 0 Å². The molecule has 0 saturated heterocycles. The van der Waals surface area contributed by atoms with E-state index in [0.717, 1.165) is 21.6 Å². The van der Waals surface area contributed by atoms with Gasteiger partial charge in [0.05, 0.1) is 13.5 Å². The highest BCUT2D eigenvalue weighted by atomic mass is 35.7. The molecule has 0 saturated carbocycles. The van der Waals surface area contributed by atoms with Gasteiger partial charge < -0.3 is 4.42 Å². The maximum absolute atomic E-state index is 6.57. The summed E-state index contributed by atoms with van der Waals surface area (Å²) in [6, 6.07) is 18.2. The van der Waals surface area contributed by atoms with E-state index >= 15 is 0 Å². The van der Waals surface area contributed by atoms with Gasteiger partial charge in [0.15, 0.2) is 0 Å². The molecule has 0 N–H and O–H groups in total. The highest BCUT2D eigenvalue weighted by molar-refractivity contribution is 7.95. The van der Waals surface area contributed by atoms with Crippen LogP contribution in [0.25, 0.3) is 11.0 Å². The van der Waals surface area contributed by atoms with E-state index < -0.39 is 7.27 Å². The van der Waals surface area contributed by atoms with Crippen LogP contribution in [0.4, 0.5) is 0 Å². The molecule has 3 aromatic rings. The second-order valence-electron chi connectivity index (χ2n) is 3.73. The minimum absolute atomic E-state index is 0.866. The van der Waals surface area contributed by atoms with Gasteiger partial charge in [-0.25, -0.2) is 0 Å². The standard InChI is InChI=1S/C14H10ClOP/c15-17(12-6-2-1-3-7-12)13-8-4-5-11-9-10-16-14(11)13/h1-10H. The van der Waals surface area contributed by atoms with E-state index in [1.807, 2.05) is 42.5 Å². The van der Waals surface area contributed by atoms with E-state index in [1.165, 1.54) is 0 Å². The first kappa shape index (κ1) is 10.8. The fraction of sp³-hybridized carbons (Fsp3) is 0. The van der Waals surface area contributed by atoms with Gasteiger partial charge >= 0.3 is 0 Å². The summed E-state index contributed by atoms with van der Waals surface area (Å²) in [5.74, 6) is 0. The van der Waals surface area contributed by atoms with Gasteiger partial charge in [-0.3, -0.25) is 0 Å². The molecule has 0 aliphatic heterocycles.